The quantitative estimate of drug-likeness (QED) is 0.376. The molecule has 1 aromatic heterocycles. The van der Waals surface area contributed by atoms with Crippen molar-refractivity contribution in [2.75, 3.05) is 12.3 Å². The highest BCUT2D eigenvalue weighted by molar-refractivity contribution is 9.10. The molecule has 1 N–H and O–H groups in total. The number of hydrogen-bond acceptors (Lipinski definition) is 4. The van der Waals surface area contributed by atoms with Gasteiger partial charge >= 0.3 is 0 Å². The monoisotopic (exact) mass is 437 g/mol. The molecule has 0 spiro atoms. The normalized spacial score (nSPS) is 9.87. The van der Waals surface area contributed by atoms with Crippen LogP contribution >= 0.6 is 52.5 Å². The number of nitrogens with zero attached hydrogens (tertiary/aromatic N) is 2. The second-order valence-electron chi connectivity index (χ2n) is 4.94. The third kappa shape index (κ3) is 8.91. The highest BCUT2D eigenvalue weighted by Crippen LogP contribution is 2.15. The summed E-state index contributed by atoms with van der Waals surface area (Å²) in [7, 11) is 0. The maximum absolute atomic E-state index is 4.43. The standard InChI is InChI=1S/C16H20BrN3S.2ClH/c1-12-10-13(2)20-16(19-12)21-9-3-8-18-11-14-4-6-15(17)7-5-14;;/h4-7,10,18H,3,8-9,11H2,1-2H3;2*1H. The fraction of sp³-hybridized carbons (Fsp3) is 0.375. The van der Waals surface area contributed by atoms with Gasteiger partial charge in [0.05, 0.1) is 0 Å². The van der Waals surface area contributed by atoms with E-state index in [1.807, 2.05) is 19.9 Å². The molecule has 0 amide bonds. The zero-order valence-electron chi connectivity index (χ0n) is 13.2. The van der Waals surface area contributed by atoms with Crippen molar-refractivity contribution >= 4 is 52.5 Å². The van der Waals surface area contributed by atoms with Gasteiger partial charge in [-0.1, -0.05) is 39.8 Å². The minimum atomic E-state index is 0. The summed E-state index contributed by atoms with van der Waals surface area (Å²) in [6, 6.07) is 10.4. The number of thioether (sulfide) groups is 1. The molecular weight excluding hydrogens is 417 g/mol. The van der Waals surface area contributed by atoms with Crippen LogP contribution in [0.5, 0.6) is 0 Å². The number of hydrogen-bond donors (Lipinski definition) is 1. The van der Waals surface area contributed by atoms with Crippen molar-refractivity contribution in [3.8, 4) is 0 Å². The lowest BCUT2D eigenvalue weighted by Crippen LogP contribution is -2.15. The molecule has 3 nitrogen and oxygen atoms in total. The van der Waals surface area contributed by atoms with Gasteiger partial charge < -0.3 is 5.32 Å². The molecule has 0 radical (unpaired) electrons. The van der Waals surface area contributed by atoms with Crippen molar-refractivity contribution < 1.29 is 0 Å². The molecule has 0 fully saturated rings. The first-order valence-corrected chi connectivity index (χ1v) is 8.81. The first-order chi connectivity index (χ1) is 10.1. The first-order valence-electron chi connectivity index (χ1n) is 7.04. The fourth-order valence-corrected chi connectivity index (χ4v) is 3.11. The van der Waals surface area contributed by atoms with Gasteiger partial charge in [0.1, 0.15) is 0 Å². The van der Waals surface area contributed by atoms with E-state index in [1.54, 1.807) is 11.8 Å². The van der Waals surface area contributed by atoms with Crippen LogP contribution in [0.1, 0.15) is 23.4 Å². The summed E-state index contributed by atoms with van der Waals surface area (Å²) in [4.78, 5) is 8.87. The lowest BCUT2D eigenvalue weighted by Gasteiger charge is -2.05. The predicted octanol–water partition coefficient (Wildman–Crippen LogP) is 4.97. The third-order valence-electron chi connectivity index (χ3n) is 2.93. The Kier molecular flexibility index (Phi) is 11.9. The Bertz CT molecular complexity index is 562. The van der Waals surface area contributed by atoms with Crippen LogP contribution in [0.2, 0.25) is 0 Å². The van der Waals surface area contributed by atoms with Crippen LogP contribution in [0.25, 0.3) is 0 Å². The number of halogens is 3. The molecular formula is C16H22BrCl2N3S. The van der Waals surface area contributed by atoms with E-state index in [-0.39, 0.29) is 24.8 Å². The third-order valence-corrected chi connectivity index (χ3v) is 4.40. The molecule has 1 heterocycles. The summed E-state index contributed by atoms with van der Waals surface area (Å²) >= 11 is 5.17. The fourth-order valence-electron chi connectivity index (χ4n) is 1.95. The topological polar surface area (TPSA) is 37.8 Å². The lowest BCUT2D eigenvalue weighted by molar-refractivity contribution is 0.678. The second-order valence-corrected chi connectivity index (χ2v) is 6.92. The van der Waals surface area contributed by atoms with E-state index in [2.05, 4.69) is 55.5 Å². The Morgan fingerprint density at radius 1 is 1.04 bits per heavy atom. The minimum Gasteiger partial charge on any atom is -0.313 e. The van der Waals surface area contributed by atoms with Gasteiger partial charge in [0, 0.05) is 28.2 Å². The number of aromatic nitrogens is 2. The second kappa shape index (κ2) is 12.1. The van der Waals surface area contributed by atoms with Crippen molar-refractivity contribution in [3.63, 3.8) is 0 Å². The molecule has 128 valence electrons. The van der Waals surface area contributed by atoms with E-state index in [1.165, 1.54) is 5.56 Å². The van der Waals surface area contributed by atoms with Gasteiger partial charge in [0.15, 0.2) is 5.16 Å². The molecule has 0 saturated heterocycles. The van der Waals surface area contributed by atoms with Crippen LogP contribution in [0.4, 0.5) is 0 Å². The Labute approximate surface area is 163 Å². The van der Waals surface area contributed by atoms with Gasteiger partial charge in [-0.2, -0.15) is 0 Å². The van der Waals surface area contributed by atoms with E-state index in [4.69, 9.17) is 0 Å². The molecule has 0 atom stereocenters. The molecule has 23 heavy (non-hydrogen) atoms. The van der Waals surface area contributed by atoms with Crippen molar-refractivity contribution in [2.24, 2.45) is 0 Å². The number of rotatable bonds is 7. The summed E-state index contributed by atoms with van der Waals surface area (Å²) in [5.74, 6) is 1.04. The zero-order valence-corrected chi connectivity index (χ0v) is 17.2. The van der Waals surface area contributed by atoms with E-state index < -0.39 is 0 Å². The molecule has 0 unspecified atom stereocenters. The van der Waals surface area contributed by atoms with Gasteiger partial charge in [-0.3, -0.25) is 0 Å². The SMILES string of the molecule is Cc1cc(C)nc(SCCCNCc2ccc(Br)cc2)n1.Cl.Cl. The van der Waals surface area contributed by atoms with Crippen molar-refractivity contribution in [1.82, 2.24) is 15.3 Å². The van der Waals surface area contributed by atoms with E-state index in [9.17, 15) is 0 Å². The van der Waals surface area contributed by atoms with Gasteiger partial charge in [-0.05, 0) is 50.6 Å². The lowest BCUT2D eigenvalue weighted by atomic mass is 10.2. The highest BCUT2D eigenvalue weighted by atomic mass is 79.9. The Hall–Kier alpha value is -0.330. The number of benzene rings is 1. The molecule has 0 aliphatic carbocycles. The van der Waals surface area contributed by atoms with Crippen molar-refractivity contribution in [3.05, 3.63) is 51.8 Å². The van der Waals surface area contributed by atoms with Gasteiger partial charge in [-0.25, -0.2) is 9.97 Å². The summed E-state index contributed by atoms with van der Waals surface area (Å²) in [6.45, 7) is 5.95. The molecule has 2 aromatic rings. The summed E-state index contributed by atoms with van der Waals surface area (Å²) in [5, 5.41) is 4.35. The smallest absolute Gasteiger partial charge is 0.187 e. The average molecular weight is 439 g/mol. The highest BCUT2D eigenvalue weighted by Gasteiger charge is 2.00. The molecule has 0 aliphatic heterocycles. The van der Waals surface area contributed by atoms with Gasteiger partial charge in [0.25, 0.3) is 0 Å². The van der Waals surface area contributed by atoms with Gasteiger partial charge in [0.2, 0.25) is 0 Å². The number of nitrogens with one attached hydrogen (secondary N) is 1. The minimum absolute atomic E-state index is 0. The molecule has 7 heteroatoms. The predicted molar refractivity (Wildman–Crippen MR) is 107 cm³/mol. The Balaban J connectivity index is 0.00000242. The molecule has 1 aromatic carbocycles. The molecule has 0 saturated carbocycles. The van der Waals surface area contributed by atoms with Crippen molar-refractivity contribution in [1.29, 1.82) is 0 Å². The van der Waals surface area contributed by atoms with Crippen LogP contribution in [0.15, 0.2) is 40.0 Å². The Morgan fingerprint density at radius 2 is 1.65 bits per heavy atom. The van der Waals surface area contributed by atoms with Crippen LogP contribution in [-0.4, -0.2) is 22.3 Å². The van der Waals surface area contributed by atoms with E-state index in [0.29, 0.717) is 0 Å². The summed E-state index contributed by atoms with van der Waals surface area (Å²) in [6.07, 6.45) is 1.11. The van der Waals surface area contributed by atoms with E-state index >= 15 is 0 Å². The van der Waals surface area contributed by atoms with Crippen LogP contribution < -0.4 is 5.32 Å². The maximum atomic E-state index is 4.43. The number of aryl methyl sites for hydroxylation is 2. The van der Waals surface area contributed by atoms with Crippen molar-refractivity contribution in [2.45, 2.75) is 32.0 Å². The van der Waals surface area contributed by atoms with Gasteiger partial charge in [-0.15, -0.1) is 24.8 Å². The molecule has 0 aliphatic rings. The molecule has 0 bridgehead atoms. The van der Waals surface area contributed by atoms with Crippen LogP contribution in [0, 0.1) is 13.8 Å². The zero-order chi connectivity index (χ0) is 15.1. The molecule has 2 rings (SSSR count). The Morgan fingerprint density at radius 3 is 2.26 bits per heavy atom. The summed E-state index contributed by atoms with van der Waals surface area (Å²) < 4.78 is 1.12. The largest absolute Gasteiger partial charge is 0.313 e. The first kappa shape index (κ1) is 22.7. The summed E-state index contributed by atoms with van der Waals surface area (Å²) in [5.41, 5.74) is 3.39. The van der Waals surface area contributed by atoms with Crippen LogP contribution in [-0.2, 0) is 6.54 Å². The van der Waals surface area contributed by atoms with Crippen LogP contribution in [0.3, 0.4) is 0 Å². The average Bonchev–Trinajstić information content (AvgIpc) is 2.43. The maximum Gasteiger partial charge on any atom is 0.187 e. The van der Waals surface area contributed by atoms with E-state index in [0.717, 1.165) is 46.3 Å².